The third-order valence-corrected chi connectivity index (χ3v) is 2.57. The fourth-order valence-electron chi connectivity index (χ4n) is 1.66. The molecule has 0 amide bonds. The summed E-state index contributed by atoms with van der Waals surface area (Å²) in [7, 11) is 0. The first-order valence-corrected chi connectivity index (χ1v) is 5.91. The topological polar surface area (TPSA) is 46.9 Å². The lowest BCUT2D eigenvalue weighted by molar-refractivity contribution is 0.553. The highest BCUT2D eigenvalue weighted by molar-refractivity contribution is 5.06. The van der Waals surface area contributed by atoms with Crippen molar-refractivity contribution in [3.8, 4) is 0 Å². The van der Waals surface area contributed by atoms with Crippen LogP contribution in [0.2, 0.25) is 0 Å². The van der Waals surface area contributed by atoms with E-state index in [2.05, 4.69) is 17.2 Å². The minimum Gasteiger partial charge on any atom is -0.315 e. The Labute approximate surface area is 96.7 Å². The number of hydrogen-bond acceptors (Lipinski definition) is 3. The summed E-state index contributed by atoms with van der Waals surface area (Å²) >= 11 is 0. The molecular weight excluding hydrogens is 202 g/mol. The van der Waals surface area contributed by atoms with Crippen molar-refractivity contribution in [2.45, 2.75) is 40.2 Å². The van der Waals surface area contributed by atoms with Crippen LogP contribution < -0.4 is 11.0 Å². The van der Waals surface area contributed by atoms with Gasteiger partial charge in [-0.05, 0) is 32.9 Å². The predicted molar refractivity (Wildman–Crippen MR) is 65.7 cm³/mol. The molecule has 0 bridgehead atoms. The number of nitrogens with zero attached hydrogens (tertiary/aromatic N) is 2. The van der Waals surface area contributed by atoms with E-state index in [9.17, 15) is 4.79 Å². The van der Waals surface area contributed by atoms with Crippen molar-refractivity contribution in [1.29, 1.82) is 0 Å². The Morgan fingerprint density at radius 1 is 1.38 bits per heavy atom. The molecule has 1 rings (SSSR count). The summed E-state index contributed by atoms with van der Waals surface area (Å²) in [5, 5.41) is 3.32. The summed E-state index contributed by atoms with van der Waals surface area (Å²) in [4.78, 5) is 15.5. The van der Waals surface area contributed by atoms with Gasteiger partial charge in [0.15, 0.2) is 0 Å². The summed E-state index contributed by atoms with van der Waals surface area (Å²) in [5.74, 6) is 0. The normalized spacial score (nSPS) is 10.7. The Kier molecular flexibility index (Phi) is 5.19. The van der Waals surface area contributed by atoms with Gasteiger partial charge in [0.2, 0.25) is 0 Å². The zero-order chi connectivity index (χ0) is 12.0. The zero-order valence-electron chi connectivity index (χ0n) is 10.4. The van der Waals surface area contributed by atoms with Crippen LogP contribution in [0.25, 0.3) is 0 Å². The van der Waals surface area contributed by atoms with E-state index in [-0.39, 0.29) is 5.69 Å². The maximum Gasteiger partial charge on any atom is 0.347 e. The van der Waals surface area contributed by atoms with Gasteiger partial charge in [0.1, 0.15) is 0 Å². The van der Waals surface area contributed by atoms with Gasteiger partial charge >= 0.3 is 5.69 Å². The lowest BCUT2D eigenvalue weighted by Crippen LogP contribution is -2.30. The Balaban J connectivity index is 2.51. The maximum atomic E-state index is 11.6. The second-order valence-electron chi connectivity index (χ2n) is 4.08. The minimum atomic E-state index is -0.144. The van der Waals surface area contributed by atoms with Crippen molar-refractivity contribution in [2.75, 3.05) is 13.1 Å². The number of hydrogen-bond donors (Lipinski definition) is 1. The van der Waals surface area contributed by atoms with Gasteiger partial charge < -0.3 is 5.32 Å². The Morgan fingerprint density at radius 2 is 2.12 bits per heavy atom. The van der Waals surface area contributed by atoms with Crippen LogP contribution in [-0.4, -0.2) is 22.6 Å². The first-order chi connectivity index (χ1) is 7.65. The number of rotatable bonds is 6. The number of nitrogens with one attached hydrogen (secondary N) is 1. The van der Waals surface area contributed by atoms with E-state index in [1.54, 1.807) is 4.57 Å². The molecule has 0 saturated carbocycles. The lowest BCUT2D eigenvalue weighted by atomic mass is 10.3. The van der Waals surface area contributed by atoms with Gasteiger partial charge in [0.05, 0.1) is 0 Å². The van der Waals surface area contributed by atoms with Crippen LogP contribution >= 0.6 is 0 Å². The van der Waals surface area contributed by atoms with Gasteiger partial charge in [-0.1, -0.05) is 13.3 Å². The molecule has 0 saturated heterocycles. The SMILES string of the molecule is CCCCNCCn1c(C)cc(C)nc1=O. The molecule has 0 aliphatic heterocycles. The Morgan fingerprint density at radius 3 is 2.75 bits per heavy atom. The van der Waals surface area contributed by atoms with E-state index >= 15 is 0 Å². The summed E-state index contributed by atoms with van der Waals surface area (Å²) in [6, 6.07) is 1.94. The van der Waals surface area contributed by atoms with Crippen molar-refractivity contribution in [3.05, 3.63) is 27.9 Å². The van der Waals surface area contributed by atoms with Gasteiger partial charge in [-0.25, -0.2) is 4.79 Å². The van der Waals surface area contributed by atoms with E-state index < -0.39 is 0 Å². The molecule has 0 aliphatic carbocycles. The largest absolute Gasteiger partial charge is 0.347 e. The first-order valence-electron chi connectivity index (χ1n) is 5.91. The van der Waals surface area contributed by atoms with Gasteiger partial charge in [-0.3, -0.25) is 4.57 Å². The molecular formula is C12H21N3O. The van der Waals surface area contributed by atoms with Crippen LogP contribution in [0, 0.1) is 13.8 Å². The average molecular weight is 223 g/mol. The fraction of sp³-hybridized carbons (Fsp3) is 0.667. The average Bonchev–Trinajstić information content (AvgIpc) is 2.20. The quantitative estimate of drug-likeness (QED) is 0.738. The van der Waals surface area contributed by atoms with E-state index in [1.807, 2.05) is 19.9 Å². The fourth-order valence-corrected chi connectivity index (χ4v) is 1.66. The van der Waals surface area contributed by atoms with Crippen LogP contribution in [0.5, 0.6) is 0 Å². The molecule has 1 aromatic rings. The van der Waals surface area contributed by atoms with Crippen LogP contribution in [0.4, 0.5) is 0 Å². The van der Waals surface area contributed by atoms with Crippen molar-refractivity contribution >= 4 is 0 Å². The standard InChI is InChI=1S/C12H21N3O/c1-4-5-6-13-7-8-15-11(3)9-10(2)14-12(15)16/h9,13H,4-8H2,1-3H3. The zero-order valence-corrected chi connectivity index (χ0v) is 10.4. The summed E-state index contributed by atoms with van der Waals surface area (Å²) in [6.07, 6.45) is 2.37. The van der Waals surface area contributed by atoms with Gasteiger partial charge in [-0.15, -0.1) is 0 Å². The molecule has 1 N–H and O–H groups in total. The van der Waals surface area contributed by atoms with E-state index in [0.29, 0.717) is 6.54 Å². The highest BCUT2D eigenvalue weighted by Gasteiger charge is 2.01. The van der Waals surface area contributed by atoms with Crippen molar-refractivity contribution in [1.82, 2.24) is 14.9 Å². The Bertz CT molecular complexity index is 384. The van der Waals surface area contributed by atoms with Gasteiger partial charge in [0.25, 0.3) is 0 Å². The molecule has 1 heterocycles. The number of unbranched alkanes of at least 4 members (excludes halogenated alkanes) is 1. The third kappa shape index (κ3) is 3.77. The number of aryl methyl sites for hydroxylation is 2. The number of aromatic nitrogens is 2. The molecule has 0 aromatic carbocycles. The van der Waals surface area contributed by atoms with Crippen LogP contribution in [0.15, 0.2) is 10.9 Å². The van der Waals surface area contributed by atoms with Crippen molar-refractivity contribution in [3.63, 3.8) is 0 Å². The summed E-state index contributed by atoms with van der Waals surface area (Å²) in [6.45, 7) is 8.50. The molecule has 0 radical (unpaired) electrons. The monoisotopic (exact) mass is 223 g/mol. The molecule has 0 atom stereocenters. The van der Waals surface area contributed by atoms with Crippen LogP contribution in [0.1, 0.15) is 31.2 Å². The Hall–Kier alpha value is -1.16. The summed E-state index contributed by atoms with van der Waals surface area (Å²) < 4.78 is 1.71. The second kappa shape index (κ2) is 6.43. The minimum absolute atomic E-state index is 0.144. The maximum absolute atomic E-state index is 11.6. The second-order valence-corrected chi connectivity index (χ2v) is 4.08. The smallest absolute Gasteiger partial charge is 0.315 e. The predicted octanol–water partition coefficient (Wildman–Crippen LogP) is 1.25. The molecule has 4 heteroatoms. The molecule has 1 aromatic heterocycles. The molecule has 0 unspecified atom stereocenters. The first kappa shape index (κ1) is 12.9. The third-order valence-electron chi connectivity index (χ3n) is 2.57. The molecule has 0 spiro atoms. The molecule has 16 heavy (non-hydrogen) atoms. The molecule has 0 fully saturated rings. The highest BCUT2D eigenvalue weighted by Crippen LogP contribution is 1.95. The van der Waals surface area contributed by atoms with Crippen molar-refractivity contribution < 1.29 is 0 Å². The molecule has 4 nitrogen and oxygen atoms in total. The van der Waals surface area contributed by atoms with Crippen molar-refractivity contribution in [2.24, 2.45) is 0 Å². The summed E-state index contributed by atoms with van der Waals surface area (Å²) in [5.41, 5.74) is 1.63. The van der Waals surface area contributed by atoms with Gasteiger partial charge in [-0.2, -0.15) is 4.98 Å². The highest BCUT2D eigenvalue weighted by atomic mass is 16.1. The van der Waals surface area contributed by atoms with Crippen LogP contribution in [0.3, 0.4) is 0 Å². The molecule has 90 valence electrons. The lowest BCUT2D eigenvalue weighted by Gasteiger charge is -2.10. The van der Waals surface area contributed by atoms with E-state index in [4.69, 9.17) is 0 Å². The van der Waals surface area contributed by atoms with E-state index in [1.165, 1.54) is 12.8 Å². The molecule has 0 aliphatic rings. The van der Waals surface area contributed by atoms with Gasteiger partial charge in [0, 0.05) is 24.5 Å². The van der Waals surface area contributed by atoms with E-state index in [0.717, 1.165) is 24.5 Å². The van der Waals surface area contributed by atoms with Crippen LogP contribution in [-0.2, 0) is 6.54 Å².